The van der Waals surface area contributed by atoms with E-state index in [1.54, 1.807) is 0 Å². The third-order valence-electron chi connectivity index (χ3n) is 10.3. The zero-order valence-corrected chi connectivity index (χ0v) is 18.2. The number of rotatable bonds is 0. The van der Waals surface area contributed by atoms with Gasteiger partial charge >= 0.3 is 0 Å². The molecular weight excluding hydrogens is 334 g/mol. The Bertz CT molecular complexity index is 605. The summed E-state index contributed by atoms with van der Waals surface area (Å²) < 4.78 is 13.3. The van der Waals surface area contributed by atoms with Gasteiger partial charge in [-0.25, -0.2) is 0 Å². The van der Waals surface area contributed by atoms with Crippen LogP contribution < -0.4 is 5.73 Å². The van der Waals surface area contributed by atoms with Gasteiger partial charge in [0.2, 0.25) is 0 Å². The molecule has 4 saturated carbocycles. The van der Waals surface area contributed by atoms with Crippen molar-refractivity contribution >= 4 is 0 Å². The fourth-order valence-corrected chi connectivity index (χ4v) is 8.74. The minimum atomic E-state index is -0.455. The van der Waals surface area contributed by atoms with Crippen molar-refractivity contribution in [2.45, 2.75) is 110 Å². The van der Waals surface area contributed by atoms with E-state index in [9.17, 15) is 0 Å². The van der Waals surface area contributed by atoms with Crippen LogP contribution in [0.3, 0.4) is 0 Å². The van der Waals surface area contributed by atoms with Crippen LogP contribution in [-0.2, 0) is 9.47 Å². The number of fused-ring (bicyclic) bond motifs is 9. The van der Waals surface area contributed by atoms with Crippen LogP contribution in [0.25, 0.3) is 0 Å². The number of ether oxygens (including phenoxy) is 2. The highest BCUT2D eigenvalue weighted by Crippen LogP contribution is 2.67. The second kappa shape index (κ2) is 5.95. The maximum absolute atomic E-state index is 6.71. The summed E-state index contributed by atoms with van der Waals surface area (Å²) in [5.41, 5.74) is 7.38. The molecule has 2 N–H and O–H groups in total. The average Bonchev–Trinajstić information content (AvgIpc) is 2.86. The van der Waals surface area contributed by atoms with Crippen LogP contribution in [0.1, 0.15) is 86.0 Å². The van der Waals surface area contributed by atoms with Crippen molar-refractivity contribution in [1.29, 1.82) is 0 Å². The molecule has 10 atom stereocenters. The topological polar surface area (TPSA) is 44.5 Å². The molecule has 5 unspecified atom stereocenters. The van der Waals surface area contributed by atoms with Crippen LogP contribution in [0.15, 0.2) is 0 Å². The molecule has 1 aliphatic heterocycles. The van der Waals surface area contributed by atoms with Crippen molar-refractivity contribution in [2.75, 3.05) is 0 Å². The van der Waals surface area contributed by atoms with Gasteiger partial charge in [0.25, 0.3) is 0 Å². The molecule has 3 heteroatoms. The highest BCUT2D eigenvalue weighted by molar-refractivity contribution is 5.12. The molecule has 1 saturated heterocycles. The number of nitrogens with two attached hydrogens (primary N) is 1. The van der Waals surface area contributed by atoms with Gasteiger partial charge in [-0.2, -0.15) is 0 Å². The Hall–Kier alpha value is -0.120. The van der Waals surface area contributed by atoms with Crippen molar-refractivity contribution in [2.24, 2.45) is 46.2 Å². The van der Waals surface area contributed by atoms with Crippen molar-refractivity contribution in [3.05, 3.63) is 0 Å². The molecule has 0 aromatic carbocycles. The molecule has 5 aliphatic rings. The van der Waals surface area contributed by atoms with Crippen molar-refractivity contribution in [3.8, 4) is 0 Å². The first-order valence-electron chi connectivity index (χ1n) is 11.8. The first-order valence-corrected chi connectivity index (χ1v) is 11.8. The molecule has 5 fully saturated rings. The lowest BCUT2D eigenvalue weighted by Crippen LogP contribution is -2.53. The summed E-state index contributed by atoms with van der Waals surface area (Å²) in [6.07, 6.45) is 11.0. The summed E-state index contributed by atoms with van der Waals surface area (Å²) in [4.78, 5) is 0. The van der Waals surface area contributed by atoms with E-state index in [4.69, 9.17) is 15.2 Å². The van der Waals surface area contributed by atoms with Gasteiger partial charge in [0.1, 0.15) is 0 Å². The zero-order chi connectivity index (χ0) is 19.2. The predicted molar refractivity (Wildman–Crippen MR) is 108 cm³/mol. The lowest BCUT2D eigenvalue weighted by Gasteiger charge is -2.56. The molecule has 4 aliphatic carbocycles. The van der Waals surface area contributed by atoms with Gasteiger partial charge in [0.05, 0.1) is 12.2 Å². The Kier molecular flexibility index (Phi) is 4.16. The number of hydrogen-bond acceptors (Lipinski definition) is 3. The minimum absolute atomic E-state index is 0.325. The fourth-order valence-electron chi connectivity index (χ4n) is 8.74. The van der Waals surface area contributed by atoms with Crippen LogP contribution in [-0.4, -0.2) is 24.0 Å². The molecule has 27 heavy (non-hydrogen) atoms. The second-order valence-corrected chi connectivity index (χ2v) is 11.9. The number of hydrogen-bond donors (Lipinski definition) is 1. The van der Waals surface area contributed by atoms with Gasteiger partial charge in [-0.3, -0.25) is 0 Å². The van der Waals surface area contributed by atoms with Crippen LogP contribution in [0.2, 0.25) is 0 Å². The SMILES string of the molecule is CC1CCC2C3C(CC[C@]12C)[C@@]1(C)CC[C@@H](N)CC1[C@@H]1C[C@@H]3OC(C)(C)O1. The third kappa shape index (κ3) is 2.63. The molecule has 0 radical (unpaired) electrons. The second-order valence-electron chi connectivity index (χ2n) is 11.9. The molecule has 154 valence electrons. The average molecular weight is 376 g/mol. The van der Waals surface area contributed by atoms with Crippen LogP contribution in [0.4, 0.5) is 0 Å². The summed E-state index contributed by atoms with van der Waals surface area (Å²) in [7, 11) is 0. The van der Waals surface area contributed by atoms with E-state index >= 15 is 0 Å². The van der Waals surface area contributed by atoms with Gasteiger partial charge in [-0.15, -0.1) is 0 Å². The van der Waals surface area contributed by atoms with Gasteiger partial charge < -0.3 is 15.2 Å². The maximum Gasteiger partial charge on any atom is 0.163 e. The molecule has 0 aromatic heterocycles. The molecule has 5 rings (SSSR count). The summed E-state index contributed by atoms with van der Waals surface area (Å²) in [5, 5.41) is 0. The summed E-state index contributed by atoms with van der Waals surface area (Å²) in [5.74, 6) is 3.33. The third-order valence-corrected chi connectivity index (χ3v) is 10.3. The lowest BCUT2D eigenvalue weighted by atomic mass is 9.49. The van der Waals surface area contributed by atoms with E-state index in [1.165, 1.54) is 38.5 Å². The monoisotopic (exact) mass is 375 g/mol. The van der Waals surface area contributed by atoms with E-state index in [1.807, 2.05) is 0 Å². The Balaban J connectivity index is 1.60. The highest BCUT2D eigenvalue weighted by Gasteiger charge is 2.64. The van der Waals surface area contributed by atoms with E-state index in [0.717, 1.165) is 30.6 Å². The first kappa shape index (κ1) is 18.9. The molecule has 0 amide bonds. The zero-order valence-electron chi connectivity index (χ0n) is 18.2. The van der Waals surface area contributed by atoms with Gasteiger partial charge in [0.15, 0.2) is 5.79 Å². The lowest BCUT2D eigenvalue weighted by molar-refractivity contribution is -0.317. The first-order chi connectivity index (χ1) is 12.6. The van der Waals surface area contributed by atoms with Crippen molar-refractivity contribution in [3.63, 3.8) is 0 Å². The maximum atomic E-state index is 6.71. The molecule has 0 aromatic rings. The Labute approximate surface area is 166 Å². The van der Waals surface area contributed by atoms with E-state index in [-0.39, 0.29) is 0 Å². The Morgan fingerprint density at radius 3 is 2.19 bits per heavy atom. The molecule has 2 bridgehead atoms. The van der Waals surface area contributed by atoms with Gasteiger partial charge in [-0.1, -0.05) is 20.8 Å². The standard InChI is InChI=1S/C24H41NO2/c1-14-6-7-16-21-17(9-11-23(14,16)4)24(5)10-8-15(25)12-18(24)19-13-20(21)27-22(2,3)26-19/h14-21H,6-13,25H2,1-5H3/t14?,15-,16?,17?,18?,19+,20+,21?,23-,24-/m1/s1. The molecular formula is C24H41NO2. The van der Waals surface area contributed by atoms with Gasteiger partial charge in [0, 0.05) is 12.5 Å². The highest BCUT2D eigenvalue weighted by atomic mass is 16.7. The van der Waals surface area contributed by atoms with E-state index < -0.39 is 5.79 Å². The summed E-state index contributed by atoms with van der Waals surface area (Å²) in [6.45, 7) is 12.0. The van der Waals surface area contributed by atoms with E-state index in [2.05, 4.69) is 34.6 Å². The molecule has 1 heterocycles. The predicted octanol–water partition coefficient (Wildman–Crippen LogP) is 5.12. The summed E-state index contributed by atoms with van der Waals surface area (Å²) in [6, 6.07) is 0.355. The largest absolute Gasteiger partial charge is 0.347 e. The quantitative estimate of drug-likeness (QED) is 0.639. The van der Waals surface area contributed by atoms with Crippen molar-refractivity contribution in [1.82, 2.24) is 0 Å². The minimum Gasteiger partial charge on any atom is -0.347 e. The van der Waals surface area contributed by atoms with Crippen LogP contribution in [0, 0.1) is 40.4 Å². The van der Waals surface area contributed by atoms with Gasteiger partial charge in [-0.05, 0) is 99.2 Å². The van der Waals surface area contributed by atoms with Crippen LogP contribution >= 0.6 is 0 Å². The molecule has 3 nitrogen and oxygen atoms in total. The molecule has 0 spiro atoms. The van der Waals surface area contributed by atoms with Crippen molar-refractivity contribution < 1.29 is 9.47 Å². The smallest absolute Gasteiger partial charge is 0.163 e. The normalized spacial score (nSPS) is 59.3. The Morgan fingerprint density at radius 1 is 0.741 bits per heavy atom. The van der Waals surface area contributed by atoms with E-state index in [0.29, 0.717) is 40.9 Å². The Morgan fingerprint density at radius 2 is 1.41 bits per heavy atom. The fraction of sp³-hybridized carbons (Fsp3) is 1.00. The summed E-state index contributed by atoms with van der Waals surface area (Å²) >= 11 is 0. The van der Waals surface area contributed by atoms with Crippen LogP contribution in [0.5, 0.6) is 0 Å².